The Bertz CT molecular complexity index is 528. The van der Waals surface area contributed by atoms with Gasteiger partial charge in [0.05, 0.1) is 18.7 Å². The molecular formula is C16H25N3O4. The number of piperazine rings is 1. The number of ether oxygens (including phenoxy) is 1. The molecule has 2 heterocycles. The van der Waals surface area contributed by atoms with Crippen LogP contribution in [0.25, 0.3) is 0 Å². The Morgan fingerprint density at radius 3 is 2.43 bits per heavy atom. The van der Waals surface area contributed by atoms with Gasteiger partial charge in [0.25, 0.3) is 0 Å². The first-order valence-corrected chi connectivity index (χ1v) is 8.08. The van der Waals surface area contributed by atoms with Gasteiger partial charge in [-0.1, -0.05) is 5.16 Å². The minimum Gasteiger partial charge on any atom is -0.466 e. The Morgan fingerprint density at radius 2 is 1.87 bits per heavy atom. The fourth-order valence-electron chi connectivity index (χ4n) is 2.71. The first kappa shape index (κ1) is 17.5. The van der Waals surface area contributed by atoms with Gasteiger partial charge in [-0.25, -0.2) is 0 Å². The van der Waals surface area contributed by atoms with Crippen LogP contribution in [0.2, 0.25) is 0 Å². The number of hydrogen-bond acceptors (Lipinski definition) is 6. The largest absolute Gasteiger partial charge is 0.466 e. The van der Waals surface area contributed by atoms with Gasteiger partial charge in [0.2, 0.25) is 5.91 Å². The molecule has 0 atom stereocenters. The van der Waals surface area contributed by atoms with Crippen LogP contribution in [-0.2, 0) is 20.9 Å². The van der Waals surface area contributed by atoms with Crippen LogP contribution >= 0.6 is 0 Å². The molecule has 1 amide bonds. The summed E-state index contributed by atoms with van der Waals surface area (Å²) in [4.78, 5) is 27.5. The molecule has 0 spiro atoms. The van der Waals surface area contributed by atoms with E-state index in [1.165, 1.54) is 0 Å². The molecule has 0 unspecified atom stereocenters. The standard InChI is InChI=1S/C16H25N3O4/c1-4-22-16(21)6-5-15(20)19-9-7-18(8-10-19)11-14-12(2)17-23-13(14)3/h4-11H2,1-3H3. The van der Waals surface area contributed by atoms with Crippen LogP contribution in [0.15, 0.2) is 4.52 Å². The summed E-state index contributed by atoms with van der Waals surface area (Å²) in [6.07, 6.45) is 0.384. The molecule has 1 aliphatic rings. The average molecular weight is 323 g/mol. The third-order valence-electron chi connectivity index (χ3n) is 4.14. The summed E-state index contributed by atoms with van der Waals surface area (Å²) < 4.78 is 10.0. The number of aryl methyl sites for hydroxylation is 2. The monoisotopic (exact) mass is 323 g/mol. The highest BCUT2D eigenvalue weighted by Gasteiger charge is 2.23. The van der Waals surface area contributed by atoms with Gasteiger partial charge >= 0.3 is 5.97 Å². The lowest BCUT2D eigenvalue weighted by atomic mass is 10.1. The van der Waals surface area contributed by atoms with Crippen LogP contribution in [0.4, 0.5) is 0 Å². The highest BCUT2D eigenvalue weighted by molar-refractivity contribution is 5.81. The molecule has 1 aromatic heterocycles. The van der Waals surface area contributed by atoms with Crippen molar-refractivity contribution in [1.29, 1.82) is 0 Å². The maximum atomic E-state index is 12.1. The van der Waals surface area contributed by atoms with Gasteiger partial charge in [0, 0.05) is 44.7 Å². The second-order valence-electron chi connectivity index (χ2n) is 5.76. The van der Waals surface area contributed by atoms with Crippen molar-refractivity contribution in [3.8, 4) is 0 Å². The van der Waals surface area contributed by atoms with Crippen molar-refractivity contribution < 1.29 is 18.8 Å². The minimum absolute atomic E-state index is 0.0232. The number of rotatable bonds is 6. The second-order valence-corrected chi connectivity index (χ2v) is 5.76. The van der Waals surface area contributed by atoms with Crippen LogP contribution in [0.5, 0.6) is 0 Å². The van der Waals surface area contributed by atoms with Crippen LogP contribution in [-0.4, -0.2) is 59.6 Å². The van der Waals surface area contributed by atoms with Crippen molar-refractivity contribution in [2.45, 2.75) is 40.2 Å². The van der Waals surface area contributed by atoms with Crippen molar-refractivity contribution >= 4 is 11.9 Å². The SMILES string of the molecule is CCOC(=O)CCC(=O)N1CCN(Cc2c(C)noc2C)CC1. The van der Waals surface area contributed by atoms with Gasteiger partial charge in [0.15, 0.2) is 0 Å². The summed E-state index contributed by atoms with van der Waals surface area (Å²) in [5.41, 5.74) is 2.06. The van der Waals surface area contributed by atoms with E-state index in [-0.39, 0.29) is 24.7 Å². The fourth-order valence-corrected chi connectivity index (χ4v) is 2.71. The predicted molar refractivity (Wildman–Crippen MR) is 83.7 cm³/mol. The van der Waals surface area contributed by atoms with E-state index in [1.807, 2.05) is 18.7 Å². The molecule has 1 saturated heterocycles. The summed E-state index contributed by atoms with van der Waals surface area (Å²) in [5, 5.41) is 3.97. The van der Waals surface area contributed by atoms with E-state index in [9.17, 15) is 9.59 Å². The van der Waals surface area contributed by atoms with E-state index in [0.717, 1.165) is 36.7 Å². The zero-order valence-electron chi connectivity index (χ0n) is 14.1. The number of carbonyl (C=O) groups is 2. The molecule has 0 bridgehead atoms. The van der Waals surface area contributed by atoms with Crippen molar-refractivity contribution in [1.82, 2.24) is 15.0 Å². The molecule has 1 fully saturated rings. The maximum Gasteiger partial charge on any atom is 0.306 e. The summed E-state index contributed by atoms with van der Waals surface area (Å²) in [7, 11) is 0. The molecule has 7 nitrogen and oxygen atoms in total. The number of hydrogen-bond donors (Lipinski definition) is 0. The van der Waals surface area contributed by atoms with E-state index >= 15 is 0 Å². The number of carbonyl (C=O) groups excluding carboxylic acids is 2. The average Bonchev–Trinajstić information content (AvgIpc) is 2.85. The molecule has 1 aromatic rings. The van der Waals surface area contributed by atoms with Gasteiger partial charge in [-0.05, 0) is 20.8 Å². The zero-order chi connectivity index (χ0) is 16.8. The summed E-state index contributed by atoms with van der Waals surface area (Å²) >= 11 is 0. The van der Waals surface area contributed by atoms with E-state index in [2.05, 4.69) is 10.1 Å². The van der Waals surface area contributed by atoms with Gasteiger partial charge in [-0.3, -0.25) is 14.5 Å². The quantitative estimate of drug-likeness (QED) is 0.734. The lowest BCUT2D eigenvalue weighted by Crippen LogP contribution is -2.48. The van der Waals surface area contributed by atoms with E-state index < -0.39 is 0 Å². The van der Waals surface area contributed by atoms with Gasteiger partial charge < -0.3 is 14.2 Å². The molecule has 0 aliphatic carbocycles. The maximum absolute atomic E-state index is 12.1. The Labute approximate surface area is 136 Å². The molecule has 128 valence electrons. The Morgan fingerprint density at radius 1 is 1.17 bits per heavy atom. The number of esters is 1. The highest BCUT2D eigenvalue weighted by atomic mass is 16.5. The molecule has 0 N–H and O–H groups in total. The van der Waals surface area contributed by atoms with Gasteiger partial charge in [-0.2, -0.15) is 0 Å². The Kier molecular flexibility index (Phi) is 6.15. The van der Waals surface area contributed by atoms with E-state index in [1.54, 1.807) is 6.92 Å². The molecule has 0 aromatic carbocycles. The molecule has 2 rings (SSSR count). The van der Waals surface area contributed by atoms with Crippen LogP contribution in [0, 0.1) is 13.8 Å². The summed E-state index contributed by atoms with van der Waals surface area (Å²) in [6.45, 7) is 9.78. The van der Waals surface area contributed by atoms with Crippen molar-refractivity contribution in [2.75, 3.05) is 32.8 Å². The third-order valence-corrected chi connectivity index (χ3v) is 4.14. The molecule has 1 aliphatic heterocycles. The van der Waals surface area contributed by atoms with Gasteiger partial charge in [0.1, 0.15) is 5.76 Å². The Hall–Kier alpha value is -1.89. The summed E-state index contributed by atoms with van der Waals surface area (Å²) in [6, 6.07) is 0. The zero-order valence-corrected chi connectivity index (χ0v) is 14.1. The number of amides is 1. The topological polar surface area (TPSA) is 75.9 Å². The summed E-state index contributed by atoms with van der Waals surface area (Å²) in [5.74, 6) is 0.573. The first-order valence-electron chi connectivity index (χ1n) is 8.08. The lowest BCUT2D eigenvalue weighted by Gasteiger charge is -2.34. The van der Waals surface area contributed by atoms with Crippen LogP contribution < -0.4 is 0 Å². The highest BCUT2D eigenvalue weighted by Crippen LogP contribution is 2.16. The first-order chi connectivity index (χ1) is 11.0. The van der Waals surface area contributed by atoms with Crippen LogP contribution in [0.3, 0.4) is 0 Å². The smallest absolute Gasteiger partial charge is 0.306 e. The van der Waals surface area contributed by atoms with Crippen molar-refractivity contribution in [3.05, 3.63) is 17.0 Å². The van der Waals surface area contributed by atoms with Crippen molar-refractivity contribution in [2.24, 2.45) is 0 Å². The predicted octanol–water partition coefficient (Wildman–Crippen LogP) is 1.28. The molecule has 7 heteroatoms. The molecule has 0 radical (unpaired) electrons. The Balaban J connectivity index is 1.75. The van der Waals surface area contributed by atoms with E-state index in [0.29, 0.717) is 19.7 Å². The minimum atomic E-state index is -0.308. The number of aromatic nitrogens is 1. The van der Waals surface area contributed by atoms with Crippen molar-refractivity contribution in [3.63, 3.8) is 0 Å². The normalized spacial score (nSPS) is 15.7. The fraction of sp³-hybridized carbons (Fsp3) is 0.688. The van der Waals surface area contributed by atoms with Gasteiger partial charge in [-0.15, -0.1) is 0 Å². The molecular weight excluding hydrogens is 298 g/mol. The molecule has 23 heavy (non-hydrogen) atoms. The van der Waals surface area contributed by atoms with E-state index in [4.69, 9.17) is 9.26 Å². The molecule has 0 saturated carbocycles. The second kappa shape index (κ2) is 8.10. The third kappa shape index (κ3) is 4.79. The number of nitrogens with zero attached hydrogens (tertiary/aromatic N) is 3. The van der Waals surface area contributed by atoms with Crippen LogP contribution in [0.1, 0.15) is 36.8 Å². The lowest BCUT2D eigenvalue weighted by molar-refractivity contribution is -0.146.